The summed E-state index contributed by atoms with van der Waals surface area (Å²) in [6.45, 7) is 27.5. The second kappa shape index (κ2) is 27.6. The number of amides is 2. The molecule has 0 atom stereocenters. The number of benzene rings is 4. The number of nitrogens with zero attached hydrogens (tertiary/aromatic N) is 5. The number of ether oxygens (including phenoxy) is 2. The Kier molecular flexibility index (Phi) is 20.9. The van der Waals surface area contributed by atoms with Gasteiger partial charge < -0.3 is 38.1 Å². The van der Waals surface area contributed by atoms with Gasteiger partial charge in [-0.15, -0.1) is 0 Å². The lowest BCUT2D eigenvalue weighted by Crippen LogP contribution is -2.46. The quantitative estimate of drug-likeness (QED) is 0.0951. The van der Waals surface area contributed by atoms with Gasteiger partial charge in [-0.1, -0.05) is 63.2 Å². The molecule has 5 aliphatic rings. The number of carbonyl (C=O) groups is 2. The van der Waals surface area contributed by atoms with Gasteiger partial charge in [0.05, 0.1) is 37.2 Å². The topological polar surface area (TPSA) is 138 Å². The SMILES string of the molecule is COc1ccc(C2CCC(CN(C(=O)C3CCC(O)CC3)c3cccc(-n4cnc(C)n4)c3)CC2)cc1C.COc1ccc(C2CCC(CN(C(=O)C3CCC(O[Si](C)(C)C(C)(C)C)CC3)c3cccc(B4OC(C)(C)C(C)(C)O4)c3)CC2)cc1C. The predicted molar refractivity (Wildman–Crippen MR) is 350 cm³/mol. The van der Waals surface area contributed by atoms with E-state index in [2.05, 4.69) is 157 Å². The van der Waals surface area contributed by atoms with Crippen molar-refractivity contribution in [1.82, 2.24) is 14.8 Å². The van der Waals surface area contributed by atoms with Crippen LogP contribution in [0.1, 0.15) is 191 Å². The monoisotopic (exact) mass is 1190 g/mol. The standard InChI is InChI=1S/C40H62BNO5Si.C31H40N4O3/c1-28-25-32(21-24-36(28)44-9)30-17-15-29(16-18-30)27-42(34-14-12-13-33(26-34)41-46-39(5,6)40(7,8)47-41)37(43)31-19-22-35(23-20-31)45-48(10,11)38(2,3)4;1-21-17-26(13-16-30(21)38-3)24-9-7-23(8-10-24)19-34(31(37)25-11-14-29(36)15-12-25)27-5-4-6-28(18-27)35-20-32-22(2)33-35/h12-14,21,24-26,29-31,35H,15-20,22-23,27H2,1-11H3;4-6,13,16-18,20,23-25,29,36H,7-12,14-15,19H2,1-3H3. The first-order chi connectivity index (χ1) is 40.8. The first kappa shape index (κ1) is 65.1. The minimum atomic E-state index is -1.85. The zero-order chi connectivity index (χ0) is 61.7. The summed E-state index contributed by atoms with van der Waals surface area (Å²) in [5.74, 6) is 5.07. The van der Waals surface area contributed by atoms with Crippen molar-refractivity contribution in [2.45, 2.75) is 225 Å². The molecule has 0 bridgehead atoms. The van der Waals surface area contributed by atoms with Crippen LogP contribution >= 0.6 is 0 Å². The van der Waals surface area contributed by atoms with Gasteiger partial charge in [-0.25, -0.2) is 9.67 Å². The summed E-state index contributed by atoms with van der Waals surface area (Å²) in [5, 5.41) is 14.7. The lowest BCUT2D eigenvalue weighted by atomic mass is 9.77. The Morgan fingerprint density at radius 2 is 1.10 bits per heavy atom. The molecule has 1 aliphatic heterocycles. The van der Waals surface area contributed by atoms with Gasteiger partial charge in [0.15, 0.2) is 8.32 Å². The summed E-state index contributed by atoms with van der Waals surface area (Å²) in [7, 11) is 1.15. The summed E-state index contributed by atoms with van der Waals surface area (Å²) < 4.78 is 32.3. The highest BCUT2D eigenvalue weighted by atomic mass is 28.4. The molecule has 0 unspecified atom stereocenters. The lowest BCUT2D eigenvalue weighted by molar-refractivity contribution is -0.124. The summed E-state index contributed by atoms with van der Waals surface area (Å²) in [5.41, 5.74) is 8.08. The molecule has 2 heterocycles. The maximum absolute atomic E-state index is 14.6. The molecule has 2 amide bonds. The second-order valence-electron chi connectivity index (χ2n) is 28.6. The number of aliphatic hydroxyl groups excluding tert-OH is 1. The van der Waals surface area contributed by atoms with Crippen LogP contribution in [0.2, 0.25) is 18.1 Å². The Labute approximate surface area is 516 Å². The summed E-state index contributed by atoms with van der Waals surface area (Å²) in [6, 6.07) is 29.7. The zero-order valence-electron chi connectivity index (χ0n) is 54.6. The van der Waals surface area contributed by atoms with E-state index in [1.807, 2.05) is 30.0 Å². The van der Waals surface area contributed by atoms with Crippen LogP contribution in [0.5, 0.6) is 11.5 Å². The Bertz CT molecular complexity index is 3050. The van der Waals surface area contributed by atoms with Crippen molar-refractivity contribution in [2.24, 2.45) is 23.7 Å². The molecule has 1 aromatic heterocycles. The largest absolute Gasteiger partial charge is 0.496 e. The Morgan fingerprint density at radius 3 is 1.55 bits per heavy atom. The van der Waals surface area contributed by atoms with Gasteiger partial charge in [-0.2, -0.15) is 5.10 Å². The van der Waals surface area contributed by atoms with E-state index in [-0.39, 0.29) is 40.9 Å². The molecule has 4 saturated carbocycles. The Hall–Kier alpha value is -5.32. The van der Waals surface area contributed by atoms with E-state index in [0.717, 1.165) is 137 Å². The van der Waals surface area contributed by atoms with E-state index >= 15 is 0 Å². The van der Waals surface area contributed by atoms with Gasteiger partial charge in [-0.3, -0.25) is 9.59 Å². The summed E-state index contributed by atoms with van der Waals surface area (Å²) in [6.07, 6.45) is 17.3. The van der Waals surface area contributed by atoms with Gasteiger partial charge in [0.1, 0.15) is 23.7 Å². The minimum Gasteiger partial charge on any atom is -0.496 e. The molecule has 10 rings (SSSR count). The molecule has 1 N–H and O–H groups in total. The van der Waals surface area contributed by atoms with Crippen molar-refractivity contribution in [3.8, 4) is 17.2 Å². The van der Waals surface area contributed by atoms with Gasteiger partial charge >= 0.3 is 7.12 Å². The number of rotatable bonds is 16. The van der Waals surface area contributed by atoms with E-state index in [9.17, 15) is 14.7 Å². The minimum absolute atomic E-state index is 0.0170. The molecule has 466 valence electrons. The predicted octanol–water partition coefficient (Wildman–Crippen LogP) is 14.9. The second-order valence-corrected chi connectivity index (χ2v) is 33.3. The van der Waals surface area contributed by atoms with Crippen molar-refractivity contribution < 1.29 is 37.9 Å². The molecule has 5 fully saturated rings. The number of hydrogen-bond donors (Lipinski definition) is 1. The molecule has 15 heteroatoms. The number of aryl methyl sites for hydroxylation is 3. The van der Waals surface area contributed by atoms with Crippen molar-refractivity contribution >= 4 is 44.1 Å². The normalized spacial score (nSPS) is 24.9. The maximum atomic E-state index is 14.6. The molecular formula is C71H102BN5O8Si. The average molecular weight is 1190 g/mol. The van der Waals surface area contributed by atoms with Crippen molar-refractivity contribution in [2.75, 3.05) is 37.1 Å². The van der Waals surface area contributed by atoms with Crippen LogP contribution in [-0.2, 0) is 23.3 Å². The highest BCUT2D eigenvalue weighted by molar-refractivity contribution is 6.74. The molecule has 86 heavy (non-hydrogen) atoms. The van der Waals surface area contributed by atoms with E-state index in [1.54, 1.807) is 25.2 Å². The van der Waals surface area contributed by atoms with Crippen LogP contribution in [0, 0.1) is 44.4 Å². The number of carbonyl (C=O) groups excluding carboxylic acids is 2. The van der Waals surface area contributed by atoms with E-state index in [4.69, 9.17) is 23.2 Å². The van der Waals surface area contributed by atoms with Crippen molar-refractivity contribution in [3.63, 3.8) is 0 Å². The van der Waals surface area contributed by atoms with Crippen molar-refractivity contribution in [1.29, 1.82) is 0 Å². The number of methoxy groups -OCH3 is 2. The van der Waals surface area contributed by atoms with E-state index in [1.165, 1.54) is 22.3 Å². The first-order valence-electron chi connectivity index (χ1n) is 32.5. The third-order valence-corrected chi connectivity index (χ3v) is 25.5. The molecule has 13 nitrogen and oxygen atoms in total. The first-order valence-corrected chi connectivity index (χ1v) is 35.4. The number of anilines is 2. The van der Waals surface area contributed by atoms with Crippen LogP contribution < -0.4 is 24.7 Å². The molecule has 5 aromatic rings. The molecule has 4 aliphatic carbocycles. The van der Waals surface area contributed by atoms with Crippen molar-refractivity contribution in [3.05, 3.63) is 119 Å². The smallest absolute Gasteiger partial charge is 0.494 e. The number of aliphatic hydroxyl groups is 1. The van der Waals surface area contributed by atoms with E-state index < -0.39 is 26.6 Å². The molecule has 1 saturated heterocycles. The van der Waals surface area contributed by atoms with Gasteiger partial charge in [0.25, 0.3) is 0 Å². The Balaban J connectivity index is 0.000000211. The fourth-order valence-corrected chi connectivity index (χ4v) is 15.1. The lowest BCUT2D eigenvalue weighted by Gasteiger charge is -2.41. The van der Waals surface area contributed by atoms with Gasteiger partial charge in [0, 0.05) is 42.4 Å². The van der Waals surface area contributed by atoms with Crippen LogP contribution in [0.3, 0.4) is 0 Å². The Morgan fingerprint density at radius 1 is 0.640 bits per heavy atom. The molecule has 0 spiro atoms. The van der Waals surface area contributed by atoms with Gasteiger partial charge in [-0.05, 0) is 263 Å². The highest BCUT2D eigenvalue weighted by Gasteiger charge is 2.52. The van der Waals surface area contributed by atoms with Crippen LogP contribution in [0.25, 0.3) is 5.69 Å². The molecule has 0 radical (unpaired) electrons. The van der Waals surface area contributed by atoms with E-state index in [0.29, 0.717) is 42.3 Å². The molecular weight excluding hydrogens is 1090 g/mol. The maximum Gasteiger partial charge on any atom is 0.494 e. The number of aromatic nitrogens is 3. The zero-order valence-corrected chi connectivity index (χ0v) is 55.6. The highest BCUT2D eigenvalue weighted by Crippen LogP contribution is 2.44. The molecule has 4 aromatic carbocycles. The summed E-state index contributed by atoms with van der Waals surface area (Å²) in [4.78, 5) is 36.9. The third kappa shape index (κ3) is 15.6. The summed E-state index contributed by atoms with van der Waals surface area (Å²) >= 11 is 0. The fraction of sp³-hybridized carbons (Fsp3) is 0.606. The van der Waals surface area contributed by atoms with Gasteiger partial charge in [0.2, 0.25) is 11.8 Å². The third-order valence-electron chi connectivity index (χ3n) is 20.9. The van der Waals surface area contributed by atoms with Crippen LogP contribution in [-0.4, -0.2) is 97.8 Å². The van der Waals surface area contributed by atoms with Crippen LogP contribution in [0.15, 0.2) is 91.3 Å². The fourth-order valence-electron chi connectivity index (χ4n) is 13.7. The van der Waals surface area contributed by atoms with Crippen LogP contribution in [0.4, 0.5) is 11.4 Å². The average Bonchev–Trinajstić information content (AvgIpc) is 2.18. The number of hydrogen-bond acceptors (Lipinski definition) is 10.